The van der Waals surface area contributed by atoms with E-state index in [0.29, 0.717) is 0 Å². The van der Waals surface area contributed by atoms with E-state index in [2.05, 4.69) is 25.3 Å². The molecular weight excluding hydrogens is 331 g/mol. The number of methoxy groups -OCH3 is 2. The van der Waals surface area contributed by atoms with Crippen molar-refractivity contribution in [2.75, 3.05) is 20.4 Å². The molecule has 2 unspecified atom stereocenters. The van der Waals surface area contributed by atoms with Gasteiger partial charge in [0.2, 0.25) is 0 Å². The second-order valence-electron chi connectivity index (χ2n) is 4.56. The maximum Gasteiger partial charge on any atom is 0.338 e. The zero-order valence-corrected chi connectivity index (χ0v) is 15.3. The lowest BCUT2D eigenvalue weighted by Crippen LogP contribution is -2.12. The van der Waals surface area contributed by atoms with Gasteiger partial charge in [-0.15, -0.1) is 9.24 Å². The zero-order valence-electron chi connectivity index (χ0n) is 14.1. The molecule has 1 aromatic rings. The number of rotatable bonds is 6. The third-order valence-corrected chi connectivity index (χ3v) is 3.13. The number of benzene rings is 1. The Labute approximate surface area is 144 Å². The lowest BCUT2D eigenvalue weighted by molar-refractivity contribution is -0.142. The van der Waals surface area contributed by atoms with Crippen molar-refractivity contribution in [2.24, 2.45) is 0 Å². The van der Waals surface area contributed by atoms with Gasteiger partial charge in [0.25, 0.3) is 0 Å². The molecule has 6 nitrogen and oxygen atoms in total. The average Bonchev–Trinajstić information content (AvgIpc) is 2.60. The van der Waals surface area contributed by atoms with E-state index in [4.69, 9.17) is 4.74 Å². The predicted molar refractivity (Wildman–Crippen MR) is 94.1 cm³/mol. The van der Waals surface area contributed by atoms with Crippen molar-refractivity contribution in [3.05, 3.63) is 48.0 Å². The Kier molecular flexibility index (Phi) is 11.1. The van der Waals surface area contributed by atoms with Gasteiger partial charge in [-0.25, -0.2) is 14.4 Å². The third-order valence-electron chi connectivity index (χ3n) is 2.79. The van der Waals surface area contributed by atoms with Gasteiger partial charge in [-0.1, -0.05) is 18.7 Å². The van der Waals surface area contributed by atoms with Crippen LogP contribution in [-0.4, -0.2) is 44.4 Å². The summed E-state index contributed by atoms with van der Waals surface area (Å²) in [6, 6.07) is 6.33. The fraction of sp³-hybridized carbons (Fsp3) is 0.353. The SMILES string of the molecule is C=CC(=O)OC(C)CCP.COC(=O)c1ccccc1C(=O)OC. The minimum absolute atomic E-state index is 0.00278. The molecule has 7 heteroatoms. The van der Waals surface area contributed by atoms with Gasteiger partial charge in [0.05, 0.1) is 31.5 Å². The van der Waals surface area contributed by atoms with E-state index in [1.807, 2.05) is 6.92 Å². The van der Waals surface area contributed by atoms with Crippen LogP contribution < -0.4 is 0 Å². The predicted octanol–water partition coefficient (Wildman–Crippen LogP) is 2.63. The lowest BCUT2D eigenvalue weighted by atomic mass is 10.1. The summed E-state index contributed by atoms with van der Waals surface area (Å²) in [5, 5.41) is 0. The second kappa shape index (κ2) is 12.3. The second-order valence-corrected chi connectivity index (χ2v) is 5.14. The van der Waals surface area contributed by atoms with Crippen molar-refractivity contribution in [3.8, 4) is 0 Å². The van der Waals surface area contributed by atoms with Gasteiger partial charge in [0.15, 0.2) is 0 Å². The monoisotopic (exact) mass is 354 g/mol. The Morgan fingerprint density at radius 3 is 1.92 bits per heavy atom. The van der Waals surface area contributed by atoms with Crippen molar-refractivity contribution in [1.82, 2.24) is 0 Å². The molecule has 1 aromatic carbocycles. The molecule has 0 aliphatic heterocycles. The third kappa shape index (κ3) is 7.88. The van der Waals surface area contributed by atoms with Gasteiger partial charge in [-0.05, 0) is 31.6 Å². The highest BCUT2D eigenvalue weighted by Gasteiger charge is 2.16. The van der Waals surface area contributed by atoms with Gasteiger partial charge in [0.1, 0.15) is 0 Å². The highest BCUT2D eigenvalue weighted by molar-refractivity contribution is 7.16. The molecule has 0 fully saturated rings. The summed E-state index contributed by atoms with van der Waals surface area (Å²) in [5.41, 5.74) is 0.420. The van der Waals surface area contributed by atoms with Crippen LogP contribution in [0, 0.1) is 0 Å². The number of hydrogen-bond acceptors (Lipinski definition) is 6. The Morgan fingerprint density at radius 2 is 1.58 bits per heavy atom. The summed E-state index contributed by atoms with van der Waals surface area (Å²) >= 11 is 0. The first kappa shape index (κ1) is 21.8. The van der Waals surface area contributed by atoms with Crippen LogP contribution in [-0.2, 0) is 19.0 Å². The molecule has 0 aliphatic rings. The molecule has 1 rings (SSSR count). The van der Waals surface area contributed by atoms with Gasteiger partial charge in [-0.2, -0.15) is 0 Å². The molecule has 24 heavy (non-hydrogen) atoms. The lowest BCUT2D eigenvalue weighted by Gasteiger charge is -2.08. The molecule has 0 bridgehead atoms. The average molecular weight is 354 g/mol. The van der Waals surface area contributed by atoms with Gasteiger partial charge < -0.3 is 14.2 Å². The van der Waals surface area contributed by atoms with Crippen LogP contribution in [0.1, 0.15) is 34.1 Å². The van der Waals surface area contributed by atoms with Crippen LogP contribution in [0.3, 0.4) is 0 Å². The van der Waals surface area contributed by atoms with E-state index in [1.165, 1.54) is 32.4 Å². The van der Waals surface area contributed by atoms with Crippen LogP contribution in [0.15, 0.2) is 36.9 Å². The summed E-state index contributed by atoms with van der Waals surface area (Å²) in [6.07, 6.45) is 3.01. The maximum absolute atomic E-state index is 11.2. The van der Waals surface area contributed by atoms with Crippen LogP contribution in [0.2, 0.25) is 0 Å². The summed E-state index contributed by atoms with van der Waals surface area (Å²) in [7, 11) is 5.10. The van der Waals surface area contributed by atoms with Gasteiger partial charge in [0, 0.05) is 6.08 Å². The number of hydrogen-bond donors (Lipinski definition) is 0. The molecule has 0 aromatic heterocycles. The molecular formula is C17H23O6P. The Bertz CT molecular complexity index is 535. The maximum atomic E-state index is 11.2. The molecule has 0 saturated carbocycles. The van der Waals surface area contributed by atoms with E-state index in [1.54, 1.807) is 12.1 Å². The standard InChI is InChI=1S/C10H10O4.C7H13O2P/c1-13-9(11)7-5-3-4-6-8(7)10(12)14-2;1-3-7(8)9-6(2)4-5-10/h3-6H,1-2H3;3,6H,1,4-5,10H2,2H3. The fourth-order valence-electron chi connectivity index (χ4n) is 1.60. The molecule has 132 valence electrons. The summed E-state index contributed by atoms with van der Waals surface area (Å²) < 4.78 is 13.9. The first-order valence-electron chi connectivity index (χ1n) is 7.20. The number of ether oxygens (including phenoxy) is 3. The smallest absolute Gasteiger partial charge is 0.338 e. The Balaban J connectivity index is 0.000000470. The molecule has 0 spiro atoms. The summed E-state index contributed by atoms with van der Waals surface area (Å²) in [5.74, 6) is -1.44. The van der Waals surface area contributed by atoms with Crippen molar-refractivity contribution >= 4 is 27.1 Å². The van der Waals surface area contributed by atoms with Gasteiger partial charge in [-0.3, -0.25) is 0 Å². The molecule has 0 heterocycles. The van der Waals surface area contributed by atoms with E-state index < -0.39 is 11.9 Å². The minimum Gasteiger partial charge on any atom is -0.465 e. The molecule has 0 saturated heterocycles. The normalized spacial score (nSPS) is 10.5. The molecule has 0 N–H and O–H groups in total. The topological polar surface area (TPSA) is 78.9 Å². The van der Waals surface area contributed by atoms with Crippen LogP contribution in [0.4, 0.5) is 0 Å². The van der Waals surface area contributed by atoms with E-state index in [0.717, 1.165) is 12.6 Å². The van der Waals surface area contributed by atoms with E-state index in [-0.39, 0.29) is 23.2 Å². The largest absolute Gasteiger partial charge is 0.465 e. The van der Waals surface area contributed by atoms with Crippen LogP contribution in [0.25, 0.3) is 0 Å². The number of carbonyl (C=O) groups excluding carboxylic acids is 3. The molecule has 0 radical (unpaired) electrons. The van der Waals surface area contributed by atoms with E-state index in [9.17, 15) is 14.4 Å². The molecule has 0 amide bonds. The van der Waals surface area contributed by atoms with Gasteiger partial charge >= 0.3 is 17.9 Å². The summed E-state index contributed by atoms with van der Waals surface area (Å²) in [4.78, 5) is 33.0. The fourth-order valence-corrected chi connectivity index (χ4v) is 2.07. The van der Waals surface area contributed by atoms with Crippen LogP contribution >= 0.6 is 9.24 Å². The first-order chi connectivity index (χ1) is 11.4. The quantitative estimate of drug-likeness (QED) is 0.338. The van der Waals surface area contributed by atoms with E-state index >= 15 is 0 Å². The van der Waals surface area contributed by atoms with Crippen LogP contribution in [0.5, 0.6) is 0 Å². The minimum atomic E-state index is -0.550. The highest BCUT2D eigenvalue weighted by Crippen LogP contribution is 2.10. The van der Waals surface area contributed by atoms with Crippen molar-refractivity contribution < 1.29 is 28.6 Å². The first-order valence-corrected chi connectivity index (χ1v) is 8.01. The number of carbonyl (C=O) groups is 3. The Morgan fingerprint density at radius 1 is 1.12 bits per heavy atom. The van der Waals surface area contributed by atoms with Crippen molar-refractivity contribution in [1.29, 1.82) is 0 Å². The molecule has 0 aliphatic carbocycles. The number of esters is 3. The van der Waals surface area contributed by atoms with Crippen molar-refractivity contribution in [3.63, 3.8) is 0 Å². The zero-order chi connectivity index (χ0) is 18.5. The summed E-state index contributed by atoms with van der Waals surface area (Å²) in [6.45, 7) is 5.16. The highest BCUT2D eigenvalue weighted by atomic mass is 31.0. The molecule has 2 atom stereocenters. The van der Waals surface area contributed by atoms with Crippen molar-refractivity contribution in [2.45, 2.75) is 19.4 Å². The Hall–Kier alpha value is -2.20.